The van der Waals surface area contributed by atoms with E-state index < -0.39 is 39.6 Å². The van der Waals surface area contributed by atoms with Gasteiger partial charge in [-0.15, -0.1) is 0 Å². The SMILES string of the molecule is COC(=O)[C@@H]1c2ccccc2[C@H](CS(=O)(=O)c2ccccc2)N1C(=O)OC(C)(C)C. The Balaban J connectivity index is 2.09. The largest absolute Gasteiger partial charge is 0.467 e. The normalized spacial score (nSPS) is 18.6. The minimum absolute atomic E-state index is 0.146. The van der Waals surface area contributed by atoms with Crippen LogP contribution in [0.1, 0.15) is 44.0 Å². The molecule has 0 aliphatic carbocycles. The van der Waals surface area contributed by atoms with Crippen LogP contribution in [-0.2, 0) is 24.1 Å². The fourth-order valence-electron chi connectivity index (χ4n) is 3.54. The van der Waals surface area contributed by atoms with E-state index >= 15 is 0 Å². The molecule has 8 heteroatoms. The molecule has 1 amide bonds. The molecule has 0 saturated heterocycles. The minimum atomic E-state index is -3.75. The number of amides is 1. The van der Waals surface area contributed by atoms with Gasteiger partial charge in [0, 0.05) is 0 Å². The van der Waals surface area contributed by atoms with Crippen molar-refractivity contribution in [1.82, 2.24) is 4.90 Å². The fraction of sp³-hybridized carbons (Fsp3) is 0.364. The zero-order valence-electron chi connectivity index (χ0n) is 17.4. The van der Waals surface area contributed by atoms with E-state index in [0.717, 1.165) is 0 Å². The molecule has 0 saturated carbocycles. The van der Waals surface area contributed by atoms with E-state index in [9.17, 15) is 18.0 Å². The fourth-order valence-corrected chi connectivity index (χ4v) is 5.06. The molecule has 0 radical (unpaired) electrons. The summed E-state index contributed by atoms with van der Waals surface area (Å²) in [5, 5.41) is 0. The second-order valence-electron chi connectivity index (χ2n) is 8.05. The standard InChI is InChI=1S/C22H25NO6S/c1-22(2,3)29-21(25)23-18(14-30(26,27)15-10-6-5-7-11-15)16-12-8-9-13-17(16)19(23)20(24)28-4/h5-13,18-19H,14H2,1-4H3/t18-,19-/m0/s1. The summed E-state index contributed by atoms with van der Waals surface area (Å²) in [6.45, 7) is 5.12. The van der Waals surface area contributed by atoms with E-state index in [0.29, 0.717) is 11.1 Å². The van der Waals surface area contributed by atoms with Gasteiger partial charge in [-0.25, -0.2) is 18.0 Å². The summed E-state index contributed by atoms with van der Waals surface area (Å²) < 4.78 is 36.6. The van der Waals surface area contributed by atoms with Crippen LogP contribution in [0.4, 0.5) is 4.79 Å². The predicted molar refractivity (Wildman–Crippen MR) is 111 cm³/mol. The number of esters is 1. The maximum absolute atomic E-state index is 13.1. The van der Waals surface area contributed by atoms with Gasteiger partial charge in [0.15, 0.2) is 15.9 Å². The van der Waals surface area contributed by atoms with Gasteiger partial charge in [0.2, 0.25) is 0 Å². The molecule has 1 heterocycles. The summed E-state index contributed by atoms with van der Waals surface area (Å²) in [5.74, 6) is -1.05. The molecule has 0 unspecified atom stereocenters. The topological polar surface area (TPSA) is 90.0 Å². The lowest BCUT2D eigenvalue weighted by Gasteiger charge is -2.31. The number of sulfone groups is 1. The molecule has 7 nitrogen and oxygen atoms in total. The Bertz CT molecular complexity index is 1040. The number of methoxy groups -OCH3 is 1. The number of nitrogens with zero attached hydrogens (tertiary/aromatic N) is 1. The number of hydrogen-bond donors (Lipinski definition) is 0. The van der Waals surface area contributed by atoms with E-state index in [-0.39, 0.29) is 10.6 Å². The molecule has 30 heavy (non-hydrogen) atoms. The van der Waals surface area contributed by atoms with Gasteiger partial charge < -0.3 is 9.47 Å². The molecule has 160 valence electrons. The van der Waals surface area contributed by atoms with Crippen molar-refractivity contribution in [3.8, 4) is 0 Å². The van der Waals surface area contributed by atoms with Crippen molar-refractivity contribution in [1.29, 1.82) is 0 Å². The minimum Gasteiger partial charge on any atom is -0.467 e. The molecule has 1 aliphatic heterocycles. The molecular weight excluding hydrogens is 406 g/mol. The first-order valence-electron chi connectivity index (χ1n) is 9.51. The summed E-state index contributed by atoms with van der Waals surface area (Å²) >= 11 is 0. The number of fused-ring (bicyclic) bond motifs is 1. The highest BCUT2D eigenvalue weighted by Crippen LogP contribution is 2.44. The first kappa shape index (κ1) is 21.8. The van der Waals surface area contributed by atoms with Crippen LogP contribution in [0.2, 0.25) is 0 Å². The highest BCUT2D eigenvalue weighted by molar-refractivity contribution is 7.91. The van der Waals surface area contributed by atoms with Crippen molar-refractivity contribution in [3.05, 3.63) is 65.7 Å². The van der Waals surface area contributed by atoms with Gasteiger partial charge in [0.25, 0.3) is 0 Å². The molecule has 2 aromatic carbocycles. The third-order valence-electron chi connectivity index (χ3n) is 4.77. The van der Waals surface area contributed by atoms with Crippen molar-refractivity contribution in [3.63, 3.8) is 0 Å². The molecule has 0 aromatic heterocycles. The summed E-state index contributed by atoms with van der Waals surface area (Å²) in [6.07, 6.45) is -0.776. The molecule has 2 atom stereocenters. The highest BCUT2D eigenvalue weighted by atomic mass is 32.2. The van der Waals surface area contributed by atoms with Crippen LogP contribution < -0.4 is 0 Å². The first-order chi connectivity index (χ1) is 14.0. The van der Waals surface area contributed by atoms with Crippen molar-refractivity contribution in [2.75, 3.05) is 12.9 Å². The highest BCUT2D eigenvalue weighted by Gasteiger charge is 2.48. The van der Waals surface area contributed by atoms with Crippen LogP contribution in [-0.4, -0.2) is 43.8 Å². The summed E-state index contributed by atoms with van der Waals surface area (Å²) in [5.41, 5.74) is 0.289. The van der Waals surface area contributed by atoms with Gasteiger partial charge in [-0.2, -0.15) is 0 Å². The van der Waals surface area contributed by atoms with Crippen LogP contribution in [0.25, 0.3) is 0 Å². The Morgan fingerprint density at radius 3 is 2.10 bits per heavy atom. The molecule has 2 aromatic rings. The van der Waals surface area contributed by atoms with E-state index in [2.05, 4.69) is 0 Å². The van der Waals surface area contributed by atoms with Gasteiger partial charge in [-0.1, -0.05) is 42.5 Å². The van der Waals surface area contributed by atoms with Gasteiger partial charge in [0.1, 0.15) is 5.60 Å². The Morgan fingerprint density at radius 2 is 1.53 bits per heavy atom. The summed E-state index contributed by atoms with van der Waals surface area (Å²) in [4.78, 5) is 27.0. The van der Waals surface area contributed by atoms with E-state index in [4.69, 9.17) is 9.47 Å². The maximum Gasteiger partial charge on any atom is 0.411 e. The van der Waals surface area contributed by atoms with Crippen LogP contribution in [0.15, 0.2) is 59.5 Å². The maximum atomic E-state index is 13.1. The molecule has 0 spiro atoms. The van der Waals surface area contributed by atoms with Crippen LogP contribution in [0, 0.1) is 0 Å². The van der Waals surface area contributed by atoms with Crippen LogP contribution >= 0.6 is 0 Å². The lowest BCUT2D eigenvalue weighted by molar-refractivity contribution is -0.147. The van der Waals surface area contributed by atoms with E-state index in [1.54, 1.807) is 63.2 Å². The van der Waals surface area contributed by atoms with Crippen molar-refractivity contribution < 1.29 is 27.5 Å². The lowest BCUT2D eigenvalue weighted by Crippen LogP contribution is -2.42. The summed E-state index contributed by atoms with van der Waals surface area (Å²) in [6, 6.07) is 12.9. The zero-order valence-corrected chi connectivity index (χ0v) is 18.2. The number of hydrogen-bond acceptors (Lipinski definition) is 6. The zero-order chi connectivity index (χ0) is 22.1. The monoisotopic (exact) mass is 431 g/mol. The molecular formula is C22H25NO6S. The Labute approximate surface area is 176 Å². The van der Waals surface area contributed by atoms with Crippen LogP contribution in [0.5, 0.6) is 0 Å². The molecule has 0 fully saturated rings. The Morgan fingerprint density at radius 1 is 0.967 bits per heavy atom. The van der Waals surface area contributed by atoms with Crippen molar-refractivity contribution in [2.45, 2.75) is 43.4 Å². The number of carbonyl (C=O) groups excluding carboxylic acids is 2. The Hall–Kier alpha value is -2.87. The van der Waals surface area contributed by atoms with Crippen molar-refractivity contribution >= 4 is 21.9 Å². The third-order valence-corrected chi connectivity index (χ3v) is 6.52. The van der Waals surface area contributed by atoms with Gasteiger partial charge in [-0.05, 0) is 44.0 Å². The molecule has 0 bridgehead atoms. The van der Waals surface area contributed by atoms with E-state index in [1.807, 2.05) is 0 Å². The number of carbonyl (C=O) groups is 2. The second kappa shape index (κ2) is 8.10. The predicted octanol–water partition coefficient (Wildman–Crippen LogP) is 3.67. The van der Waals surface area contributed by atoms with Crippen LogP contribution in [0.3, 0.4) is 0 Å². The summed E-state index contributed by atoms with van der Waals surface area (Å²) in [7, 11) is -2.53. The molecule has 1 aliphatic rings. The average molecular weight is 432 g/mol. The van der Waals surface area contributed by atoms with Gasteiger partial charge in [-0.3, -0.25) is 4.90 Å². The van der Waals surface area contributed by atoms with E-state index in [1.165, 1.54) is 24.1 Å². The van der Waals surface area contributed by atoms with Gasteiger partial charge in [0.05, 0.1) is 23.8 Å². The molecule has 3 rings (SSSR count). The lowest BCUT2D eigenvalue weighted by atomic mass is 10.0. The first-order valence-corrected chi connectivity index (χ1v) is 11.2. The number of rotatable bonds is 4. The quantitative estimate of drug-likeness (QED) is 0.686. The van der Waals surface area contributed by atoms with Crippen molar-refractivity contribution in [2.24, 2.45) is 0 Å². The number of benzene rings is 2. The second-order valence-corrected chi connectivity index (χ2v) is 10.1. The number of ether oxygens (including phenoxy) is 2. The average Bonchev–Trinajstić information content (AvgIpc) is 3.01. The molecule has 0 N–H and O–H groups in total. The third kappa shape index (κ3) is 4.33. The van der Waals surface area contributed by atoms with Gasteiger partial charge >= 0.3 is 12.1 Å². The smallest absolute Gasteiger partial charge is 0.411 e. The Kier molecular flexibility index (Phi) is 5.90.